The van der Waals surface area contributed by atoms with Crippen molar-refractivity contribution in [3.63, 3.8) is 0 Å². The maximum absolute atomic E-state index is 11.6. The van der Waals surface area contributed by atoms with E-state index >= 15 is 0 Å². The average molecular weight is 357 g/mol. The largest absolute Gasteiger partial charge is 0.466 e. The molecule has 0 aromatic rings. The van der Waals surface area contributed by atoms with Gasteiger partial charge in [0.2, 0.25) is 0 Å². The molecule has 25 heavy (non-hydrogen) atoms. The highest BCUT2D eigenvalue weighted by Gasteiger charge is 2.02. The van der Waals surface area contributed by atoms with E-state index in [9.17, 15) is 4.79 Å². The van der Waals surface area contributed by atoms with Crippen LogP contribution < -0.4 is 0 Å². The van der Waals surface area contributed by atoms with E-state index in [0.717, 1.165) is 38.9 Å². The first-order valence-electron chi connectivity index (χ1n) is 11.0. The van der Waals surface area contributed by atoms with Crippen molar-refractivity contribution in [3.8, 4) is 0 Å². The molecule has 0 aliphatic heterocycles. The van der Waals surface area contributed by atoms with Crippen LogP contribution in [0.4, 0.5) is 0 Å². The molecule has 0 aromatic carbocycles. The minimum atomic E-state index is -0.0283. The third-order valence-corrected chi connectivity index (χ3v) is 4.63. The van der Waals surface area contributed by atoms with Crippen LogP contribution in [0.25, 0.3) is 0 Å². The second-order valence-electron chi connectivity index (χ2n) is 7.12. The monoisotopic (exact) mass is 356 g/mol. The molecule has 0 aromatic heterocycles. The third kappa shape index (κ3) is 21.4. The van der Waals surface area contributed by atoms with Gasteiger partial charge in [0.15, 0.2) is 0 Å². The Balaban J connectivity index is 3.11. The number of rotatable bonds is 20. The Bertz CT molecular complexity index is 266. The molecule has 0 radical (unpaired) electrons. The van der Waals surface area contributed by atoms with E-state index in [2.05, 4.69) is 6.92 Å². The zero-order chi connectivity index (χ0) is 18.4. The summed E-state index contributed by atoms with van der Waals surface area (Å²) in [7, 11) is 0. The number of hydrogen-bond acceptors (Lipinski definition) is 3. The van der Waals surface area contributed by atoms with E-state index in [4.69, 9.17) is 9.47 Å². The number of ether oxygens (including phenoxy) is 2. The van der Waals surface area contributed by atoms with Crippen molar-refractivity contribution in [2.75, 3.05) is 19.8 Å². The van der Waals surface area contributed by atoms with E-state index in [1.54, 1.807) is 0 Å². The fraction of sp³-hybridized carbons (Fsp3) is 0.955. The Labute approximate surface area is 157 Å². The summed E-state index contributed by atoms with van der Waals surface area (Å²) in [4.78, 5) is 11.6. The van der Waals surface area contributed by atoms with Gasteiger partial charge < -0.3 is 9.47 Å². The van der Waals surface area contributed by atoms with Crippen molar-refractivity contribution in [3.05, 3.63) is 0 Å². The number of hydrogen-bond donors (Lipinski definition) is 0. The van der Waals surface area contributed by atoms with E-state index in [1.165, 1.54) is 70.6 Å². The Kier molecular flexibility index (Phi) is 21.0. The Morgan fingerprint density at radius 3 is 1.60 bits per heavy atom. The molecule has 0 bridgehead atoms. The second kappa shape index (κ2) is 21.5. The van der Waals surface area contributed by atoms with Gasteiger partial charge in [0.05, 0.1) is 6.61 Å². The lowest BCUT2D eigenvalue weighted by Crippen LogP contribution is -2.06. The molecule has 0 heterocycles. The first kappa shape index (κ1) is 24.4. The van der Waals surface area contributed by atoms with Crippen molar-refractivity contribution in [2.24, 2.45) is 0 Å². The highest BCUT2D eigenvalue weighted by molar-refractivity contribution is 5.69. The molecular formula is C22H44O3. The molecule has 0 unspecified atom stereocenters. The predicted molar refractivity (Wildman–Crippen MR) is 107 cm³/mol. The summed E-state index contributed by atoms with van der Waals surface area (Å²) in [6.45, 7) is 6.35. The van der Waals surface area contributed by atoms with Gasteiger partial charge in [-0.15, -0.1) is 0 Å². The minimum Gasteiger partial charge on any atom is -0.466 e. The van der Waals surface area contributed by atoms with Crippen LogP contribution in [0.1, 0.15) is 117 Å². The topological polar surface area (TPSA) is 35.5 Å². The number of carbonyl (C=O) groups is 1. The summed E-state index contributed by atoms with van der Waals surface area (Å²) >= 11 is 0. The fourth-order valence-corrected chi connectivity index (χ4v) is 3.00. The number of unbranched alkanes of at least 4 members (excludes halogenated alkanes) is 13. The Morgan fingerprint density at radius 2 is 1.08 bits per heavy atom. The summed E-state index contributed by atoms with van der Waals surface area (Å²) in [6.07, 6.45) is 19.8. The molecule has 0 aliphatic carbocycles. The van der Waals surface area contributed by atoms with Gasteiger partial charge in [-0.1, -0.05) is 84.0 Å². The normalized spacial score (nSPS) is 11.0. The summed E-state index contributed by atoms with van der Waals surface area (Å²) in [5.41, 5.74) is 0. The van der Waals surface area contributed by atoms with Gasteiger partial charge in [-0.2, -0.15) is 0 Å². The molecule has 0 amide bonds. The quantitative estimate of drug-likeness (QED) is 0.177. The molecule has 0 aliphatic rings. The average Bonchev–Trinajstić information content (AvgIpc) is 2.62. The van der Waals surface area contributed by atoms with Crippen LogP contribution in [0.2, 0.25) is 0 Å². The van der Waals surface area contributed by atoms with Gasteiger partial charge >= 0.3 is 5.97 Å². The minimum absolute atomic E-state index is 0.0283. The van der Waals surface area contributed by atoms with Gasteiger partial charge in [-0.05, 0) is 26.2 Å². The lowest BCUT2D eigenvalue weighted by Gasteiger charge is -2.05. The van der Waals surface area contributed by atoms with Crippen molar-refractivity contribution in [1.29, 1.82) is 0 Å². The van der Waals surface area contributed by atoms with Crippen LogP contribution in [0, 0.1) is 0 Å². The molecular weight excluding hydrogens is 312 g/mol. The summed E-state index contributed by atoms with van der Waals surface area (Å²) in [5.74, 6) is -0.0283. The number of carbonyl (C=O) groups excluding carboxylic acids is 1. The van der Waals surface area contributed by atoms with Crippen molar-refractivity contribution in [2.45, 2.75) is 117 Å². The van der Waals surface area contributed by atoms with Crippen LogP contribution in [0.3, 0.4) is 0 Å². The van der Waals surface area contributed by atoms with Crippen LogP contribution in [-0.4, -0.2) is 25.8 Å². The first-order valence-corrected chi connectivity index (χ1v) is 11.0. The molecule has 0 N–H and O–H groups in total. The standard InChI is InChI=1S/C22H44O3/c1-3-5-6-7-8-9-10-11-12-13-14-15-16-19-22(23)25-21-18-17-20-24-4-2/h3-21H2,1-2H3. The molecule has 0 rings (SSSR count). The van der Waals surface area contributed by atoms with Gasteiger partial charge in [0.25, 0.3) is 0 Å². The molecule has 150 valence electrons. The lowest BCUT2D eigenvalue weighted by molar-refractivity contribution is -0.144. The van der Waals surface area contributed by atoms with Crippen molar-refractivity contribution < 1.29 is 14.3 Å². The Morgan fingerprint density at radius 1 is 0.600 bits per heavy atom. The first-order chi connectivity index (χ1) is 12.3. The second-order valence-corrected chi connectivity index (χ2v) is 7.12. The fourth-order valence-electron chi connectivity index (χ4n) is 3.00. The van der Waals surface area contributed by atoms with E-state index in [1.807, 2.05) is 6.92 Å². The maximum Gasteiger partial charge on any atom is 0.305 e. The molecule has 3 heteroatoms. The van der Waals surface area contributed by atoms with E-state index in [0.29, 0.717) is 13.0 Å². The van der Waals surface area contributed by atoms with Crippen LogP contribution in [0.5, 0.6) is 0 Å². The Hall–Kier alpha value is -0.570. The van der Waals surface area contributed by atoms with Crippen LogP contribution in [-0.2, 0) is 14.3 Å². The molecule has 0 spiro atoms. The molecule has 0 atom stereocenters. The molecule has 3 nitrogen and oxygen atoms in total. The van der Waals surface area contributed by atoms with Crippen molar-refractivity contribution >= 4 is 5.97 Å². The van der Waals surface area contributed by atoms with Crippen LogP contribution >= 0.6 is 0 Å². The predicted octanol–water partition coefficient (Wildman–Crippen LogP) is 6.83. The van der Waals surface area contributed by atoms with E-state index in [-0.39, 0.29) is 5.97 Å². The van der Waals surface area contributed by atoms with Gasteiger partial charge in [-0.3, -0.25) is 4.79 Å². The van der Waals surface area contributed by atoms with Gasteiger partial charge in [0, 0.05) is 19.6 Å². The van der Waals surface area contributed by atoms with E-state index < -0.39 is 0 Å². The lowest BCUT2D eigenvalue weighted by atomic mass is 10.0. The zero-order valence-corrected chi connectivity index (χ0v) is 17.2. The molecule has 0 saturated heterocycles. The van der Waals surface area contributed by atoms with Gasteiger partial charge in [-0.25, -0.2) is 0 Å². The highest BCUT2D eigenvalue weighted by atomic mass is 16.5. The van der Waals surface area contributed by atoms with Crippen molar-refractivity contribution in [1.82, 2.24) is 0 Å². The molecule has 0 saturated carbocycles. The third-order valence-electron chi connectivity index (χ3n) is 4.63. The van der Waals surface area contributed by atoms with Crippen LogP contribution in [0.15, 0.2) is 0 Å². The smallest absolute Gasteiger partial charge is 0.305 e. The highest BCUT2D eigenvalue weighted by Crippen LogP contribution is 2.13. The van der Waals surface area contributed by atoms with Gasteiger partial charge in [0.1, 0.15) is 0 Å². The zero-order valence-electron chi connectivity index (χ0n) is 17.2. The summed E-state index contributed by atoms with van der Waals surface area (Å²) < 4.78 is 10.5. The summed E-state index contributed by atoms with van der Waals surface area (Å²) in [5, 5.41) is 0. The summed E-state index contributed by atoms with van der Waals surface area (Å²) in [6, 6.07) is 0. The molecule has 0 fully saturated rings. The maximum atomic E-state index is 11.6. The SMILES string of the molecule is CCCCCCCCCCCCCCCC(=O)OCCCCOCC. The number of esters is 1.